The van der Waals surface area contributed by atoms with E-state index in [9.17, 15) is 4.79 Å². The zero-order chi connectivity index (χ0) is 17.9. The molecule has 4 aromatic rings. The first-order chi connectivity index (χ1) is 12.7. The Hall–Kier alpha value is -3.33. The predicted octanol–water partition coefficient (Wildman–Crippen LogP) is 4.87. The molecule has 0 radical (unpaired) electrons. The van der Waals surface area contributed by atoms with Crippen LogP contribution in [0.15, 0.2) is 89.7 Å². The van der Waals surface area contributed by atoms with Gasteiger partial charge in [0, 0.05) is 11.1 Å². The summed E-state index contributed by atoms with van der Waals surface area (Å²) in [5.41, 5.74) is 6.02. The summed E-state index contributed by atoms with van der Waals surface area (Å²) < 4.78 is 1.82. The molecule has 0 aliphatic heterocycles. The molecule has 0 saturated heterocycles. The van der Waals surface area contributed by atoms with Gasteiger partial charge in [0.2, 0.25) is 0 Å². The molecule has 26 heavy (non-hydrogen) atoms. The highest BCUT2D eigenvalue weighted by Crippen LogP contribution is 2.30. The maximum atomic E-state index is 12.8. The minimum Gasteiger partial charge on any atom is -0.305 e. The highest BCUT2D eigenvalue weighted by atomic mass is 16.1. The Morgan fingerprint density at radius 3 is 2.04 bits per heavy atom. The van der Waals surface area contributed by atoms with Crippen LogP contribution >= 0.6 is 0 Å². The molecule has 1 heterocycles. The van der Waals surface area contributed by atoms with Crippen molar-refractivity contribution in [2.24, 2.45) is 0 Å². The van der Waals surface area contributed by atoms with Crippen LogP contribution in [0, 0.1) is 6.92 Å². The number of aromatic amines is 1. The van der Waals surface area contributed by atoms with Gasteiger partial charge in [-0.15, -0.1) is 0 Å². The summed E-state index contributed by atoms with van der Waals surface area (Å²) in [4.78, 5) is 15.9. The standard InChI is InChI=1S/C23H20N2O/c1-17-12-14-20(15-13-17)22-21(19-10-6-3-7-11-19)24-23(26)25(22)16-18-8-4-2-5-9-18/h2-15H,16H2,1H3,(H,24,26). The lowest BCUT2D eigenvalue weighted by Crippen LogP contribution is -2.18. The van der Waals surface area contributed by atoms with Crippen molar-refractivity contribution in [2.45, 2.75) is 13.5 Å². The van der Waals surface area contributed by atoms with Crippen LogP contribution in [-0.4, -0.2) is 9.55 Å². The topological polar surface area (TPSA) is 37.8 Å². The maximum absolute atomic E-state index is 12.8. The second kappa shape index (κ2) is 6.89. The first-order valence-corrected chi connectivity index (χ1v) is 8.71. The fraction of sp³-hybridized carbons (Fsp3) is 0.0870. The molecule has 0 unspecified atom stereocenters. The van der Waals surface area contributed by atoms with Gasteiger partial charge in [0.15, 0.2) is 0 Å². The Bertz CT molecular complexity index is 1060. The summed E-state index contributed by atoms with van der Waals surface area (Å²) in [5, 5.41) is 0. The minimum atomic E-state index is -0.0942. The van der Waals surface area contributed by atoms with E-state index in [4.69, 9.17) is 0 Å². The summed E-state index contributed by atoms with van der Waals surface area (Å²) in [6.45, 7) is 2.60. The van der Waals surface area contributed by atoms with Crippen molar-refractivity contribution in [2.75, 3.05) is 0 Å². The van der Waals surface area contributed by atoms with Crippen LogP contribution in [0.25, 0.3) is 22.5 Å². The van der Waals surface area contributed by atoms with Gasteiger partial charge >= 0.3 is 5.69 Å². The zero-order valence-corrected chi connectivity index (χ0v) is 14.6. The summed E-state index contributed by atoms with van der Waals surface area (Å²) in [6.07, 6.45) is 0. The van der Waals surface area contributed by atoms with Crippen LogP contribution in [0.2, 0.25) is 0 Å². The van der Waals surface area contributed by atoms with Crippen LogP contribution in [0.3, 0.4) is 0 Å². The number of hydrogen-bond donors (Lipinski definition) is 1. The average Bonchev–Trinajstić information content (AvgIpc) is 3.00. The molecule has 0 atom stereocenters. The van der Waals surface area contributed by atoms with E-state index in [0.717, 1.165) is 28.1 Å². The molecule has 4 rings (SSSR count). The van der Waals surface area contributed by atoms with E-state index >= 15 is 0 Å². The third-order valence-electron chi connectivity index (χ3n) is 4.55. The molecule has 0 aliphatic rings. The first kappa shape index (κ1) is 16.2. The van der Waals surface area contributed by atoms with E-state index in [1.54, 1.807) is 0 Å². The number of H-pyrrole nitrogens is 1. The first-order valence-electron chi connectivity index (χ1n) is 8.71. The Morgan fingerprint density at radius 1 is 0.769 bits per heavy atom. The number of aromatic nitrogens is 2. The van der Waals surface area contributed by atoms with Gasteiger partial charge in [0.1, 0.15) is 0 Å². The number of benzene rings is 3. The monoisotopic (exact) mass is 340 g/mol. The third kappa shape index (κ3) is 3.11. The summed E-state index contributed by atoms with van der Waals surface area (Å²) in [7, 11) is 0. The highest BCUT2D eigenvalue weighted by molar-refractivity contribution is 5.78. The molecule has 3 nitrogen and oxygen atoms in total. The molecule has 0 fully saturated rings. The molecule has 0 amide bonds. The highest BCUT2D eigenvalue weighted by Gasteiger charge is 2.17. The molecule has 0 saturated carbocycles. The third-order valence-corrected chi connectivity index (χ3v) is 4.55. The van der Waals surface area contributed by atoms with Crippen LogP contribution in [0.1, 0.15) is 11.1 Å². The molecule has 3 heteroatoms. The van der Waals surface area contributed by atoms with E-state index in [2.05, 4.69) is 36.2 Å². The molecule has 1 N–H and O–H groups in total. The molecule has 3 aromatic carbocycles. The largest absolute Gasteiger partial charge is 0.326 e. The van der Waals surface area contributed by atoms with Gasteiger partial charge in [0.25, 0.3) is 0 Å². The second-order valence-corrected chi connectivity index (χ2v) is 6.46. The average molecular weight is 340 g/mol. The molecule has 0 aliphatic carbocycles. The van der Waals surface area contributed by atoms with E-state index in [1.807, 2.05) is 65.2 Å². The van der Waals surface area contributed by atoms with Crippen LogP contribution in [-0.2, 0) is 6.54 Å². The van der Waals surface area contributed by atoms with Crippen LogP contribution < -0.4 is 5.69 Å². The number of nitrogens with one attached hydrogen (secondary N) is 1. The van der Waals surface area contributed by atoms with Crippen LogP contribution in [0.5, 0.6) is 0 Å². The lowest BCUT2D eigenvalue weighted by atomic mass is 10.0. The van der Waals surface area contributed by atoms with Crippen LogP contribution in [0.4, 0.5) is 0 Å². The number of hydrogen-bond acceptors (Lipinski definition) is 1. The van der Waals surface area contributed by atoms with E-state index in [-0.39, 0.29) is 5.69 Å². The van der Waals surface area contributed by atoms with Gasteiger partial charge in [-0.3, -0.25) is 4.57 Å². The molecule has 0 bridgehead atoms. The molecule has 128 valence electrons. The van der Waals surface area contributed by atoms with Gasteiger partial charge in [-0.2, -0.15) is 0 Å². The molecular formula is C23H20N2O. The number of rotatable bonds is 4. The summed E-state index contributed by atoms with van der Waals surface area (Å²) in [6, 6.07) is 28.4. The fourth-order valence-corrected chi connectivity index (χ4v) is 3.21. The minimum absolute atomic E-state index is 0.0942. The second-order valence-electron chi connectivity index (χ2n) is 6.46. The quantitative estimate of drug-likeness (QED) is 0.565. The van der Waals surface area contributed by atoms with Gasteiger partial charge in [0.05, 0.1) is 17.9 Å². The van der Waals surface area contributed by atoms with E-state index in [0.29, 0.717) is 6.54 Å². The SMILES string of the molecule is Cc1ccc(-c2c(-c3ccccc3)[nH]c(=O)n2Cc2ccccc2)cc1. The van der Waals surface area contributed by atoms with Gasteiger partial charge in [-0.1, -0.05) is 90.5 Å². The number of aryl methyl sites for hydroxylation is 1. The molecule has 1 aromatic heterocycles. The maximum Gasteiger partial charge on any atom is 0.326 e. The summed E-state index contributed by atoms with van der Waals surface area (Å²) >= 11 is 0. The van der Waals surface area contributed by atoms with Crippen molar-refractivity contribution in [3.05, 3.63) is 107 Å². The number of imidazole rings is 1. The van der Waals surface area contributed by atoms with Crippen molar-refractivity contribution in [1.82, 2.24) is 9.55 Å². The zero-order valence-electron chi connectivity index (χ0n) is 14.6. The smallest absolute Gasteiger partial charge is 0.305 e. The van der Waals surface area contributed by atoms with Crippen molar-refractivity contribution in [3.8, 4) is 22.5 Å². The Kier molecular flexibility index (Phi) is 4.28. The van der Waals surface area contributed by atoms with E-state index < -0.39 is 0 Å². The Balaban J connectivity index is 1.92. The van der Waals surface area contributed by atoms with Gasteiger partial charge < -0.3 is 4.98 Å². The van der Waals surface area contributed by atoms with Crippen molar-refractivity contribution in [3.63, 3.8) is 0 Å². The molecular weight excluding hydrogens is 320 g/mol. The Morgan fingerprint density at radius 2 is 1.38 bits per heavy atom. The van der Waals surface area contributed by atoms with Crippen molar-refractivity contribution in [1.29, 1.82) is 0 Å². The molecule has 0 spiro atoms. The Labute approximate surface area is 152 Å². The lowest BCUT2D eigenvalue weighted by Gasteiger charge is -2.11. The van der Waals surface area contributed by atoms with Crippen molar-refractivity contribution >= 4 is 0 Å². The fourth-order valence-electron chi connectivity index (χ4n) is 3.21. The number of nitrogens with zero attached hydrogens (tertiary/aromatic N) is 1. The van der Waals surface area contributed by atoms with Crippen molar-refractivity contribution < 1.29 is 0 Å². The lowest BCUT2D eigenvalue weighted by molar-refractivity contribution is 0.769. The normalized spacial score (nSPS) is 10.8. The van der Waals surface area contributed by atoms with E-state index in [1.165, 1.54) is 5.56 Å². The predicted molar refractivity (Wildman–Crippen MR) is 106 cm³/mol. The summed E-state index contributed by atoms with van der Waals surface area (Å²) in [5.74, 6) is 0. The van der Waals surface area contributed by atoms with Gasteiger partial charge in [-0.05, 0) is 12.5 Å². The van der Waals surface area contributed by atoms with Gasteiger partial charge in [-0.25, -0.2) is 4.79 Å².